The molecule has 3 atom stereocenters. The number of fused-ring (bicyclic) bond motifs is 1. The van der Waals surface area contributed by atoms with E-state index in [0.717, 1.165) is 57.3 Å². The van der Waals surface area contributed by atoms with Gasteiger partial charge in [-0.25, -0.2) is 4.98 Å². The monoisotopic (exact) mass is 345 g/mol. The van der Waals surface area contributed by atoms with Gasteiger partial charge in [-0.1, -0.05) is 6.07 Å². The summed E-state index contributed by atoms with van der Waals surface area (Å²) in [5.74, 6) is 1.72. The number of hydrogen-bond acceptors (Lipinski definition) is 5. The predicted octanol–water partition coefficient (Wildman–Crippen LogP) is 2.49. The molecule has 0 amide bonds. The minimum absolute atomic E-state index is 0.336. The molecule has 0 aromatic carbocycles. The molecule has 2 aliphatic heterocycles. The molecule has 3 aliphatic rings. The average Bonchev–Trinajstić information content (AvgIpc) is 3.27. The van der Waals surface area contributed by atoms with Crippen molar-refractivity contribution in [3.8, 4) is 0 Å². The number of pyridine rings is 1. The quantitative estimate of drug-likeness (QED) is 0.741. The second-order valence-corrected chi connectivity index (χ2v) is 7.77. The molecule has 1 saturated carbocycles. The Balaban J connectivity index is 1.28. The molecule has 0 unspecified atom stereocenters. The van der Waals surface area contributed by atoms with Gasteiger partial charge in [0.25, 0.3) is 0 Å². The Kier molecular flexibility index (Phi) is 5.54. The summed E-state index contributed by atoms with van der Waals surface area (Å²) in [5.41, 5.74) is 1.08. The van der Waals surface area contributed by atoms with Crippen LogP contribution < -0.4 is 4.90 Å². The Morgan fingerprint density at radius 1 is 1.20 bits per heavy atom. The Bertz CT molecular complexity index is 562. The van der Waals surface area contributed by atoms with Crippen molar-refractivity contribution in [2.24, 2.45) is 5.92 Å². The topological polar surface area (TPSA) is 37.8 Å². The van der Waals surface area contributed by atoms with Crippen molar-refractivity contribution in [1.29, 1.82) is 0 Å². The van der Waals surface area contributed by atoms with Gasteiger partial charge in [0.2, 0.25) is 0 Å². The lowest BCUT2D eigenvalue weighted by Crippen LogP contribution is -2.49. The minimum Gasteiger partial charge on any atom is -0.380 e. The van der Waals surface area contributed by atoms with Gasteiger partial charge < -0.3 is 19.3 Å². The zero-order valence-electron chi connectivity index (χ0n) is 15.4. The van der Waals surface area contributed by atoms with E-state index in [9.17, 15) is 0 Å². The molecular formula is C20H31N3O2. The van der Waals surface area contributed by atoms with Gasteiger partial charge >= 0.3 is 0 Å². The average molecular weight is 345 g/mol. The third-order valence-electron chi connectivity index (χ3n) is 5.91. The van der Waals surface area contributed by atoms with Gasteiger partial charge in [-0.3, -0.25) is 0 Å². The fraction of sp³-hybridized carbons (Fsp3) is 0.750. The van der Waals surface area contributed by atoms with Crippen LogP contribution in [0, 0.1) is 12.8 Å². The van der Waals surface area contributed by atoms with Crippen LogP contribution in [0.15, 0.2) is 18.2 Å². The van der Waals surface area contributed by atoms with Crippen LogP contribution in [0.3, 0.4) is 0 Å². The number of aromatic nitrogens is 1. The Labute approximate surface area is 151 Å². The number of nitrogens with zero attached hydrogens (tertiary/aromatic N) is 3. The highest BCUT2D eigenvalue weighted by Gasteiger charge is 2.41. The Morgan fingerprint density at radius 3 is 2.92 bits per heavy atom. The summed E-state index contributed by atoms with van der Waals surface area (Å²) in [7, 11) is 0. The first kappa shape index (κ1) is 17.3. The van der Waals surface area contributed by atoms with E-state index in [-0.39, 0.29) is 0 Å². The second-order valence-electron chi connectivity index (χ2n) is 7.77. The van der Waals surface area contributed by atoms with Crippen molar-refractivity contribution >= 4 is 5.82 Å². The molecule has 3 heterocycles. The van der Waals surface area contributed by atoms with Crippen molar-refractivity contribution in [1.82, 2.24) is 9.88 Å². The van der Waals surface area contributed by atoms with Gasteiger partial charge in [0.15, 0.2) is 0 Å². The maximum absolute atomic E-state index is 6.07. The summed E-state index contributed by atoms with van der Waals surface area (Å²) in [6, 6.07) is 6.76. The first-order valence-corrected chi connectivity index (χ1v) is 9.91. The lowest BCUT2D eigenvalue weighted by atomic mass is 10.1. The second kappa shape index (κ2) is 8.02. The SMILES string of the molecule is Cc1cccc(N2CCO[C@@H]3C[C@H](COCCN4CCCC4)C[C@@H]32)n1. The number of rotatable bonds is 6. The molecule has 5 nitrogen and oxygen atoms in total. The number of ether oxygens (including phenoxy) is 2. The first-order valence-electron chi connectivity index (χ1n) is 9.91. The van der Waals surface area contributed by atoms with Crippen molar-refractivity contribution in [3.63, 3.8) is 0 Å². The van der Waals surface area contributed by atoms with E-state index in [0.29, 0.717) is 18.1 Å². The third-order valence-corrected chi connectivity index (χ3v) is 5.91. The van der Waals surface area contributed by atoms with E-state index in [4.69, 9.17) is 14.5 Å². The van der Waals surface area contributed by atoms with Crippen molar-refractivity contribution in [3.05, 3.63) is 23.9 Å². The highest BCUT2D eigenvalue weighted by molar-refractivity contribution is 5.42. The van der Waals surface area contributed by atoms with E-state index in [1.807, 2.05) is 0 Å². The van der Waals surface area contributed by atoms with Gasteiger partial charge in [0.1, 0.15) is 5.82 Å². The molecule has 0 spiro atoms. The molecule has 3 fully saturated rings. The van der Waals surface area contributed by atoms with E-state index in [1.165, 1.54) is 25.9 Å². The molecular weight excluding hydrogens is 314 g/mol. The van der Waals surface area contributed by atoms with Crippen LogP contribution in [0.25, 0.3) is 0 Å². The molecule has 138 valence electrons. The summed E-state index contributed by atoms with van der Waals surface area (Å²) in [4.78, 5) is 9.72. The normalized spacial score (nSPS) is 30.0. The number of likely N-dealkylation sites (tertiary alicyclic amines) is 1. The fourth-order valence-electron chi connectivity index (χ4n) is 4.61. The molecule has 1 aliphatic carbocycles. The van der Waals surface area contributed by atoms with Crippen LogP contribution in [0.1, 0.15) is 31.4 Å². The van der Waals surface area contributed by atoms with Crippen LogP contribution in [0.4, 0.5) is 5.82 Å². The number of hydrogen-bond donors (Lipinski definition) is 0. The van der Waals surface area contributed by atoms with Gasteiger partial charge in [-0.15, -0.1) is 0 Å². The van der Waals surface area contributed by atoms with E-state index in [1.54, 1.807) is 0 Å². The summed E-state index contributed by atoms with van der Waals surface area (Å²) in [6.07, 6.45) is 5.32. The highest BCUT2D eigenvalue weighted by atomic mass is 16.5. The van der Waals surface area contributed by atoms with E-state index in [2.05, 4.69) is 34.9 Å². The molecule has 4 rings (SSSR count). The summed E-state index contributed by atoms with van der Waals surface area (Å²) >= 11 is 0. The van der Waals surface area contributed by atoms with Crippen molar-refractivity contribution in [2.75, 3.05) is 50.9 Å². The maximum Gasteiger partial charge on any atom is 0.129 e. The first-order chi connectivity index (χ1) is 12.3. The van der Waals surface area contributed by atoms with Crippen LogP contribution >= 0.6 is 0 Å². The summed E-state index contributed by atoms with van der Waals surface area (Å²) in [6.45, 7) is 9.16. The highest BCUT2D eigenvalue weighted by Crippen LogP contribution is 2.36. The molecule has 0 N–H and O–H groups in total. The Hall–Kier alpha value is -1.17. The van der Waals surface area contributed by atoms with Gasteiger partial charge in [-0.05, 0) is 63.7 Å². The molecule has 0 bridgehead atoms. The fourth-order valence-corrected chi connectivity index (χ4v) is 4.61. The van der Waals surface area contributed by atoms with Crippen LogP contribution in [0.5, 0.6) is 0 Å². The van der Waals surface area contributed by atoms with Gasteiger partial charge in [0, 0.05) is 25.4 Å². The largest absolute Gasteiger partial charge is 0.380 e. The zero-order chi connectivity index (χ0) is 17.1. The predicted molar refractivity (Wildman–Crippen MR) is 99.1 cm³/mol. The molecule has 25 heavy (non-hydrogen) atoms. The van der Waals surface area contributed by atoms with Crippen LogP contribution in [-0.2, 0) is 9.47 Å². The molecule has 0 radical (unpaired) electrons. The van der Waals surface area contributed by atoms with Crippen molar-refractivity contribution in [2.45, 2.75) is 44.8 Å². The van der Waals surface area contributed by atoms with Gasteiger partial charge in [0.05, 0.1) is 25.4 Å². The van der Waals surface area contributed by atoms with Crippen LogP contribution in [0.2, 0.25) is 0 Å². The van der Waals surface area contributed by atoms with Crippen LogP contribution in [-0.4, -0.2) is 68.0 Å². The summed E-state index contributed by atoms with van der Waals surface area (Å²) in [5, 5.41) is 0. The number of morpholine rings is 1. The Morgan fingerprint density at radius 2 is 2.08 bits per heavy atom. The van der Waals surface area contributed by atoms with Gasteiger partial charge in [-0.2, -0.15) is 0 Å². The van der Waals surface area contributed by atoms with Crippen molar-refractivity contribution < 1.29 is 9.47 Å². The lowest BCUT2D eigenvalue weighted by Gasteiger charge is -2.38. The maximum atomic E-state index is 6.07. The molecule has 2 saturated heterocycles. The van der Waals surface area contributed by atoms with E-state index >= 15 is 0 Å². The third kappa shape index (κ3) is 4.15. The molecule has 5 heteroatoms. The molecule has 1 aromatic heterocycles. The standard InChI is InChI=1S/C20H31N3O2/c1-16-5-4-6-20(21-16)23-10-12-25-19-14-17(13-18(19)23)15-24-11-9-22-7-2-3-8-22/h4-6,17-19H,2-3,7-15H2,1H3/t17-,18+,19-/m1/s1. The number of anilines is 1. The smallest absolute Gasteiger partial charge is 0.129 e. The lowest BCUT2D eigenvalue weighted by molar-refractivity contribution is 0.0204. The summed E-state index contributed by atoms with van der Waals surface area (Å²) < 4.78 is 12.1. The molecule has 1 aromatic rings. The zero-order valence-corrected chi connectivity index (χ0v) is 15.4. The minimum atomic E-state index is 0.336. The number of aryl methyl sites for hydroxylation is 1. The van der Waals surface area contributed by atoms with E-state index < -0.39 is 0 Å².